The van der Waals surface area contributed by atoms with Crippen molar-refractivity contribution in [2.24, 2.45) is 0 Å². The van der Waals surface area contributed by atoms with E-state index in [0.29, 0.717) is 6.54 Å². The summed E-state index contributed by atoms with van der Waals surface area (Å²) >= 11 is 0. The van der Waals surface area contributed by atoms with Gasteiger partial charge in [0.15, 0.2) is 0 Å². The Hall–Kier alpha value is -0.580. The van der Waals surface area contributed by atoms with Crippen molar-refractivity contribution < 1.29 is 14.6 Å². The number of aliphatic hydroxyl groups is 1. The lowest BCUT2D eigenvalue weighted by molar-refractivity contribution is -0.140. The maximum Gasteiger partial charge on any atom is 0.330 e. The van der Waals surface area contributed by atoms with Crippen LogP contribution in [0.5, 0.6) is 0 Å². The van der Waals surface area contributed by atoms with E-state index < -0.39 is 12.1 Å². The minimum atomic E-state index is -0.645. The fourth-order valence-electron chi connectivity index (χ4n) is 0.607. The summed E-state index contributed by atoms with van der Waals surface area (Å²) in [6.07, 6.45) is 0.425. The van der Waals surface area contributed by atoms with Gasteiger partial charge in [0.05, 0.1) is 0 Å². The molecule has 78 valence electrons. The number of carbonyl (C=O) groups excluding carboxylic acids is 1. The fourth-order valence-corrected chi connectivity index (χ4v) is 0.607. The summed E-state index contributed by atoms with van der Waals surface area (Å²) in [5.41, 5.74) is 0. The Bertz CT molecular complexity index is 152. The summed E-state index contributed by atoms with van der Waals surface area (Å²) in [6, 6.07) is 0. The van der Waals surface area contributed by atoms with E-state index in [-0.39, 0.29) is 19.0 Å². The van der Waals surface area contributed by atoms with Crippen LogP contribution in [0.4, 0.5) is 0 Å². The van der Waals surface area contributed by atoms with Crippen LogP contribution in [0.2, 0.25) is 0 Å². The number of likely N-dealkylation sites (N-methyl/N-ethyl adjacent to an activating group) is 1. The van der Waals surface area contributed by atoms with Crippen molar-refractivity contribution in [3.63, 3.8) is 0 Å². The Kier molecular flexibility index (Phi) is 10.9. The van der Waals surface area contributed by atoms with Gasteiger partial charge < -0.3 is 15.2 Å². The number of hydrogen-bond acceptors (Lipinski definition) is 4. The predicted octanol–water partition coefficient (Wildman–Crippen LogP) is 0.108. The number of esters is 1. The van der Waals surface area contributed by atoms with Gasteiger partial charge in [-0.2, -0.15) is 0 Å². The molecule has 0 saturated heterocycles. The van der Waals surface area contributed by atoms with Crippen LogP contribution in [-0.2, 0) is 9.53 Å². The molecule has 1 unspecified atom stereocenters. The summed E-state index contributed by atoms with van der Waals surface area (Å²) in [4.78, 5) is 10.5. The van der Waals surface area contributed by atoms with Crippen LogP contribution < -0.4 is 5.32 Å². The third kappa shape index (κ3) is 9.33. The van der Waals surface area contributed by atoms with Gasteiger partial charge in [-0.1, -0.05) is 13.5 Å². The van der Waals surface area contributed by atoms with Gasteiger partial charge >= 0.3 is 5.97 Å². The van der Waals surface area contributed by atoms with Gasteiger partial charge in [-0.3, -0.25) is 0 Å². The number of rotatable bonds is 6. The van der Waals surface area contributed by atoms with Crippen LogP contribution in [0.3, 0.4) is 0 Å². The Morgan fingerprint density at radius 2 is 2.38 bits per heavy atom. The molecule has 0 heterocycles. The Morgan fingerprint density at radius 3 is 2.85 bits per heavy atom. The van der Waals surface area contributed by atoms with Gasteiger partial charge in [-0.05, 0) is 6.54 Å². The van der Waals surface area contributed by atoms with Crippen molar-refractivity contribution in [3.05, 3.63) is 12.7 Å². The zero-order valence-corrected chi connectivity index (χ0v) is 8.47. The largest absolute Gasteiger partial charge is 0.460 e. The molecule has 0 fully saturated rings. The molecular formula is C8H16ClNO3. The van der Waals surface area contributed by atoms with Crippen LogP contribution in [0.25, 0.3) is 0 Å². The van der Waals surface area contributed by atoms with E-state index in [2.05, 4.69) is 16.6 Å². The summed E-state index contributed by atoms with van der Waals surface area (Å²) in [6.45, 7) is 6.39. The van der Waals surface area contributed by atoms with E-state index >= 15 is 0 Å². The third-order valence-electron chi connectivity index (χ3n) is 1.21. The lowest BCUT2D eigenvalue weighted by Gasteiger charge is -2.09. The highest BCUT2D eigenvalue weighted by molar-refractivity contribution is 5.85. The predicted molar refractivity (Wildman–Crippen MR) is 53.0 cm³/mol. The van der Waals surface area contributed by atoms with E-state index in [1.165, 1.54) is 0 Å². The molecule has 2 N–H and O–H groups in total. The maximum absolute atomic E-state index is 10.5. The molecule has 0 aromatic carbocycles. The SMILES string of the molecule is C=CC(=O)OCC(O)CNCC.Cl. The molecule has 0 rings (SSSR count). The van der Waals surface area contributed by atoms with Crippen LogP contribution in [0.15, 0.2) is 12.7 Å². The molecule has 0 amide bonds. The fraction of sp³-hybridized carbons (Fsp3) is 0.625. The van der Waals surface area contributed by atoms with Gasteiger partial charge in [-0.15, -0.1) is 12.4 Å². The molecule has 13 heavy (non-hydrogen) atoms. The molecule has 0 aromatic heterocycles. The van der Waals surface area contributed by atoms with Crippen molar-refractivity contribution in [3.8, 4) is 0 Å². The first-order valence-corrected chi connectivity index (χ1v) is 3.88. The minimum Gasteiger partial charge on any atom is -0.460 e. The number of nitrogens with one attached hydrogen (secondary N) is 1. The van der Waals surface area contributed by atoms with Crippen molar-refractivity contribution in [1.82, 2.24) is 5.32 Å². The van der Waals surface area contributed by atoms with Crippen molar-refractivity contribution in [2.45, 2.75) is 13.0 Å². The zero-order chi connectivity index (χ0) is 9.40. The lowest BCUT2D eigenvalue weighted by Crippen LogP contribution is -2.30. The van der Waals surface area contributed by atoms with Gasteiger partial charge in [0.1, 0.15) is 12.7 Å². The molecule has 1 atom stereocenters. The topological polar surface area (TPSA) is 58.6 Å². The van der Waals surface area contributed by atoms with E-state index in [4.69, 9.17) is 5.11 Å². The van der Waals surface area contributed by atoms with Crippen molar-refractivity contribution in [2.75, 3.05) is 19.7 Å². The zero-order valence-electron chi connectivity index (χ0n) is 7.66. The summed E-state index contributed by atoms with van der Waals surface area (Å²) in [5.74, 6) is -0.509. The molecule has 0 aliphatic heterocycles. The van der Waals surface area contributed by atoms with Crippen LogP contribution in [0, 0.1) is 0 Å². The van der Waals surface area contributed by atoms with Crippen LogP contribution in [0.1, 0.15) is 6.92 Å². The molecule has 4 nitrogen and oxygen atoms in total. The number of ether oxygens (including phenoxy) is 1. The van der Waals surface area contributed by atoms with Crippen molar-refractivity contribution in [1.29, 1.82) is 0 Å². The first-order valence-electron chi connectivity index (χ1n) is 3.88. The molecule has 0 spiro atoms. The van der Waals surface area contributed by atoms with E-state index in [9.17, 15) is 4.79 Å². The Balaban J connectivity index is 0. The highest BCUT2D eigenvalue weighted by atomic mass is 35.5. The minimum absolute atomic E-state index is 0. The standard InChI is InChI=1S/C8H15NO3.ClH/c1-3-8(11)12-6-7(10)5-9-4-2;/h3,7,9-10H,1,4-6H2,2H3;1H. The summed E-state index contributed by atoms with van der Waals surface area (Å²) in [5, 5.41) is 12.1. The lowest BCUT2D eigenvalue weighted by atomic mass is 10.4. The Labute approximate surface area is 84.4 Å². The van der Waals surface area contributed by atoms with E-state index in [1.807, 2.05) is 6.92 Å². The average Bonchev–Trinajstić information content (AvgIpc) is 2.10. The highest BCUT2D eigenvalue weighted by Crippen LogP contribution is 1.85. The summed E-state index contributed by atoms with van der Waals surface area (Å²) in [7, 11) is 0. The van der Waals surface area contributed by atoms with Gasteiger partial charge in [-0.25, -0.2) is 4.79 Å². The number of hydrogen-bond donors (Lipinski definition) is 2. The van der Waals surface area contributed by atoms with Gasteiger partial charge in [0.25, 0.3) is 0 Å². The average molecular weight is 210 g/mol. The Morgan fingerprint density at radius 1 is 1.77 bits per heavy atom. The van der Waals surface area contributed by atoms with E-state index in [0.717, 1.165) is 12.6 Å². The third-order valence-corrected chi connectivity index (χ3v) is 1.21. The normalized spacial score (nSPS) is 11.2. The quantitative estimate of drug-likeness (QED) is 0.482. The van der Waals surface area contributed by atoms with Gasteiger partial charge in [0.2, 0.25) is 0 Å². The molecule has 0 aromatic rings. The molecule has 0 radical (unpaired) electrons. The van der Waals surface area contributed by atoms with Crippen molar-refractivity contribution >= 4 is 18.4 Å². The first-order chi connectivity index (χ1) is 5.70. The summed E-state index contributed by atoms with van der Waals surface area (Å²) < 4.78 is 4.60. The molecular weight excluding hydrogens is 194 g/mol. The smallest absolute Gasteiger partial charge is 0.330 e. The molecule has 0 saturated carbocycles. The second-order valence-electron chi connectivity index (χ2n) is 2.30. The number of carbonyl (C=O) groups is 1. The van der Waals surface area contributed by atoms with E-state index in [1.54, 1.807) is 0 Å². The van der Waals surface area contributed by atoms with Crippen LogP contribution >= 0.6 is 12.4 Å². The first kappa shape index (κ1) is 14.9. The highest BCUT2D eigenvalue weighted by Gasteiger charge is 2.04. The molecule has 5 heteroatoms. The number of aliphatic hydroxyl groups excluding tert-OH is 1. The second kappa shape index (κ2) is 9.51. The van der Waals surface area contributed by atoms with Gasteiger partial charge in [0, 0.05) is 12.6 Å². The molecule has 0 aliphatic carbocycles. The second-order valence-corrected chi connectivity index (χ2v) is 2.30. The maximum atomic E-state index is 10.5. The monoisotopic (exact) mass is 209 g/mol. The van der Waals surface area contributed by atoms with Crippen LogP contribution in [-0.4, -0.2) is 36.9 Å². The molecule has 0 aliphatic rings. The number of halogens is 1. The molecule has 0 bridgehead atoms.